The molecule has 0 aliphatic carbocycles. The Kier molecular flexibility index (Phi) is 8.23. The maximum absolute atomic E-state index is 13.4. The topological polar surface area (TPSA) is 66.5 Å². The summed E-state index contributed by atoms with van der Waals surface area (Å²) in [5.41, 5.74) is 0.272. The van der Waals surface area contributed by atoms with Gasteiger partial charge in [0, 0.05) is 31.0 Å². The number of Topliss-reactive ketones (excluding diaryl/α,β-unsaturated/α-hetero) is 1. The lowest BCUT2D eigenvalue weighted by atomic mass is 9.92. The second-order valence-corrected chi connectivity index (χ2v) is 7.19. The van der Waals surface area contributed by atoms with Crippen molar-refractivity contribution in [2.45, 2.75) is 45.7 Å². The van der Waals surface area contributed by atoms with Gasteiger partial charge in [-0.15, -0.1) is 0 Å². The van der Waals surface area contributed by atoms with Gasteiger partial charge in [0.05, 0.1) is 5.02 Å². The molecule has 1 aromatic rings. The quantitative estimate of drug-likeness (QED) is 0.601. The smallest absolute Gasteiger partial charge is 0.312 e. The average molecular weight is 421 g/mol. The van der Waals surface area contributed by atoms with E-state index >= 15 is 0 Å². The number of rotatable bonds is 4. The van der Waals surface area contributed by atoms with E-state index in [0.717, 1.165) is 6.07 Å². The number of carbonyl (C=O) groups excluding carboxylic acids is 3. The molecular formula is C18H23ClF2N2O3S. The summed E-state index contributed by atoms with van der Waals surface area (Å²) in [5.74, 6) is -4.31. The van der Waals surface area contributed by atoms with Crippen LogP contribution in [0.1, 0.15) is 32.8 Å². The molecule has 1 saturated heterocycles. The fourth-order valence-electron chi connectivity index (χ4n) is 3.15. The van der Waals surface area contributed by atoms with Gasteiger partial charge in [-0.3, -0.25) is 14.4 Å². The number of halogens is 3. The van der Waals surface area contributed by atoms with E-state index in [4.69, 9.17) is 11.6 Å². The lowest BCUT2D eigenvalue weighted by molar-refractivity contribution is -0.147. The Morgan fingerprint density at radius 3 is 2.48 bits per heavy atom. The number of ketones is 1. The van der Waals surface area contributed by atoms with Crippen LogP contribution in [0.15, 0.2) is 12.1 Å². The molecule has 2 amide bonds. The predicted molar refractivity (Wildman–Crippen MR) is 103 cm³/mol. The Morgan fingerprint density at radius 1 is 1.30 bits per heavy atom. The van der Waals surface area contributed by atoms with Crippen LogP contribution in [-0.2, 0) is 20.8 Å². The minimum absolute atomic E-state index is 0. The van der Waals surface area contributed by atoms with Crippen molar-refractivity contribution >= 4 is 42.7 Å². The van der Waals surface area contributed by atoms with Gasteiger partial charge < -0.3 is 10.2 Å². The molecular weight excluding hydrogens is 398 g/mol. The van der Waals surface area contributed by atoms with Gasteiger partial charge in [0.25, 0.3) is 0 Å². The largest absolute Gasteiger partial charge is 0.346 e. The molecule has 2 rings (SSSR count). The van der Waals surface area contributed by atoms with E-state index in [1.807, 2.05) is 0 Å². The summed E-state index contributed by atoms with van der Waals surface area (Å²) in [7, 11) is 0. The van der Waals surface area contributed by atoms with E-state index in [0.29, 0.717) is 13.0 Å². The first-order chi connectivity index (χ1) is 12.1. The van der Waals surface area contributed by atoms with Crippen LogP contribution in [0.25, 0.3) is 0 Å². The Balaban J connectivity index is 0.00000364. The van der Waals surface area contributed by atoms with Crippen LogP contribution in [0.5, 0.6) is 0 Å². The first kappa shape index (κ1) is 23.4. The third-order valence-electron chi connectivity index (χ3n) is 4.47. The summed E-state index contributed by atoms with van der Waals surface area (Å²) >= 11 is 5.61. The van der Waals surface area contributed by atoms with Gasteiger partial charge in [-0.05, 0) is 44.9 Å². The fourth-order valence-corrected chi connectivity index (χ4v) is 3.38. The Morgan fingerprint density at radius 2 is 1.93 bits per heavy atom. The minimum Gasteiger partial charge on any atom is -0.346 e. The molecule has 0 radical (unpaired) electrons. The molecule has 1 unspecified atom stereocenters. The maximum atomic E-state index is 13.4. The highest BCUT2D eigenvalue weighted by molar-refractivity contribution is 7.59. The molecule has 9 heteroatoms. The highest BCUT2D eigenvalue weighted by atomic mass is 35.5. The van der Waals surface area contributed by atoms with E-state index in [1.54, 1.807) is 20.8 Å². The van der Waals surface area contributed by atoms with Crippen LogP contribution in [0.3, 0.4) is 0 Å². The third kappa shape index (κ3) is 5.42. The van der Waals surface area contributed by atoms with E-state index < -0.39 is 35.4 Å². The standard InChI is InChI=1S/C18H21ClF2N2O3.H2S/c1-9(2)22-17(25)18(26)23-5-4-12(10(23)3)15(24)8-11-6-13(19)16(21)14(20)7-11;/h6-7,9-10,12H,4-5,8H2,1-3H3,(H,22,25);1H2/t10-,12?;/m0./s1. The number of hydrogen-bond donors (Lipinski definition) is 1. The van der Waals surface area contributed by atoms with Crippen molar-refractivity contribution in [3.8, 4) is 0 Å². The summed E-state index contributed by atoms with van der Waals surface area (Å²) in [6.07, 6.45) is 0.296. The summed E-state index contributed by atoms with van der Waals surface area (Å²) in [5, 5.41) is 2.15. The number of amides is 2. The highest BCUT2D eigenvalue weighted by Crippen LogP contribution is 2.27. The SMILES string of the molecule is CC(C)NC(=O)C(=O)N1CCC(C(=O)Cc2cc(F)c(F)c(Cl)c2)[C@@H]1C.S. The fraction of sp³-hybridized carbons (Fsp3) is 0.500. The Hall–Kier alpha value is -1.67. The second-order valence-electron chi connectivity index (χ2n) is 6.78. The zero-order chi connectivity index (χ0) is 19.6. The predicted octanol–water partition coefficient (Wildman–Crippen LogP) is 2.60. The molecule has 0 bridgehead atoms. The van der Waals surface area contributed by atoms with Crippen molar-refractivity contribution in [3.63, 3.8) is 0 Å². The molecule has 0 aromatic heterocycles. The third-order valence-corrected chi connectivity index (χ3v) is 4.74. The molecule has 5 nitrogen and oxygen atoms in total. The molecule has 150 valence electrons. The Labute approximate surface area is 168 Å². The van der Waals surface area contributed by atoms with Crippen molar-refractivity contribution < 1.29 is 23.2 Å². The van der Waals surface area contributed by atoms with Crippen LogP contribution < -0.4 is 5.32 Å². The van der Waals surface area contributed by atoms with E-state index in [1.165, 1.54) is 11.0 Å². The zero-order valence-electron chi connectivity index (χ0n) is 15.3. The Bertz CT molecular complexity index is 722. The van der Waals surface area contributed by atoms with Crippen molar-refractivity contribution in [1.29, 1.82) is 0 Å². The zero-order valence-corrected chi connectivity index (χ0v) is 17.1. The monoisotopic (exact) mass is 420 g/mol. The van der Waals surface area contributed by atoms with Gasteiger partial charge in [-0.1, -0.05) is 11.6 Å². The normalized spacial score (nSPS) is 19.0. The maximum Gasteiger partial charge on any atom is 0.312 e. The van der Waals surface area contributed by atoms with Gasteiger partial charge in [-0.2, -0.15) is 13.5 Å². The van der Waals surface area contributed by atoms with Crippen molar-refractivity contribution in [3.05, 3.63) is 34.4 Å². The summed E-state index contributed by atoms with van der Waals surface area (Å²) in [6.45, 7) is 5.49. The second kappa shape index (κ2) is 9.50. The first-order valence-corrected chi connectivity index (χ1v) is 8.77. The lowest BCUT2D eigenvalue weighted by Crippen LogP contribution is -2.47. The summed E-state index contributed by atoms with van der Waals surface area (Å²) in [4.78, 5) is 38.0. The number of benzene rings is 1. The number of carbonyl (C=O) groups is 3. The average Bonchev–Trinajstić information content (AvgIpc) is 2.92. The molecule has 1 aromatic carbocycles. The van der Waals surface area contributed by atoms with Gasteiger partial charge in [0.1, 0.15) is 5.78 Å². The van der Waals surface area contributed by atoms with E-state index in [2.05, 4.69) is 5.32 Å². The van der Waals surface area contributed by atoms with Crippen molar-refractivity contribution in [2.75, 3.05) is 6.54 Å². The minimum atomic E-state index is -1.15. The number of hydrogen-bond acceptors (Lipinski definition) is 3. The molecule has 1 heterocycles. The van der Waals surface area contributed by atoms with Gasteiger partial charge in [0.2, 0.25) is 0 Å². The molecule has 0 spiro atoms. The van der Waals surface area contributed by atoms with Gasteiger partial charge in [-0.25, -0.2) is 8.78 Å². The molecule has 0 saturated carbocycles. The van der Waals surface area contributed by atoms with Crippen LogP contribution in [0, 0.1) is 17.6 Å². The first-order valence-electron chi connectivity index (χ1n) is 8.39. The highest BCUT2D eigenvalue weighted by Gasteiger charge is 2.39. The van der Waals surface area contributed by atoms with Crippen LogP contribution in [0.2, 0.25) is 5.02 Å². The number of likely N-dealkylation sites (tertiary alicyclic amines) is 1. The molecule has 2 atom stereocenters. The molecule has 1 aliphatic rings. The number of nitrogens with one attached hydrogen (secondary N) is 1. The van der Waals surface area contributed by atoms with Gasteiger partial charge in [0.15, 0.2) is 11.6 Å². The van der Waals surface area contributed by atoms with Crippen molar-refractivity contribution in [1.82, 2.24) is 10.2 Å². The van der Waals surface area contributed by atoms with Crippen LogP contribution >= 0.6 is 25.1 Å². The molecule has 1 N–H and O–H groups in total. The summed E-state index contributed by atoms with van der Waals surface area (Å²) < 4.78 is 26.7. The van der Waals surface area contributed by atoms with Crippen LogP contribution in [-0.4, -0.2) is 41.1 Å². The van der Waals surface area contributed by atoms with Gasteiger partial charge >= 0.3 is 11.8 Å². The molecule has 27 heavy (non-hydrogen) atoms. The van der Waals surface area contributed by atoms with E-state index in [-0.39, 0.29) is 42.3 Å². The number of nitrogens with zero attached hydrogens (tertiary/aromatic N) is 1. The molecule has 1 fully saturated rings. The van der Waals surface area contributed by atoms with E-state index in [9.17, 15) is 23.2 Å². The lowest BCUT2D eigenvalue weighted by Gasteiger charge is -2.24. The van der Waals surface area contributed by atoms with Crippen LogP contribution in [0.4, 0.5) is 8.78 Å². The summed E-state index contributed by atoms with van der Waals surface area (Å²) in [6, 6.07) is 1.54. The van der Waals surface area contributed by atoms with Crippen molar-refractivity contribution in [2.24, 2.45) is 5.92 Å². The molecule has 1 aliphatic heterocycles.